The summed E-state index contributed by atoms with van der Waals surface area (Å²) in [5.74, 6) is -1.25. The van der Waals surface area contributed by atoms with Crippen LogP contribution in [0.25, 0.3) is 0 Å². The summed E-state index contributed by atoms with van der Waals surface area (Å²) in [6.07, 6.45) is 2.88. The Balaban J connectivity index is 4.21. The van der Waals surface area contributed by atoms with E-state index in [0.717, 1.165) is 0 Å². The molecule has 4 N–H and O–H groups in total. The van der Waals surface area contributed by atoms with E-state index in [1.54, 1.807) is 19.1 Å². The zero-order valence-electron chi connectivity index (χ0n) is 9.05. The van der Waals surface area contributed by atoms with Gasteiger partial charge < -0.3 is 20.6 Å². The molecule has 0 aromatic carbocycles. The van der Waals surface area contributed by atoms with E-state index in [1.165, 1.54) is 7.05 Å². The summed E-state index contributed by atoms with van der Waals surface area (Å²) in [4.78, 5) is 10.7. The first-order valence-corrected chi connectivity index (χ1v) is 4.88. The number of aliphatic carboxylic acids is 1. The van der Waals surface area contributed by atoms with Crippen LogP contribution < -0.4 is 5.32 Å². The second-order valence-electron chi connectivity index (χ2n) is 3.46. The van der Waals surface area contributed by atoms with Crippen LogP contribution in [-0.4, -0.2) is 47.1 Å². The fourth-order valence-electron chi connectivity index (χ4n) is 1.29. The van der Waals surface area contributed by atoms with Crippen molar-refractivity contribution in [3.63, 3.8) is 0 Å². The third-order valence-corrected chi connectivity index (χ3v) is 2.28. The SMILES string of the molecule is CN[C@H](C(=O)O)[C@H](O)[C@H](C)CC=CCO. The van der Waals surface area contributed by atoms with Crippen LogP contribution in [0.4, 0.5) is 0 Å². The van der Waals surface area contributed by atoms with Gasteiger partial charge in [-0.05, 0) is 19.4 Å². The van der Waals surface area contributed by atoms with Gasteiger partial charge in [0.1, 0.15) is 6.04 Å². The molecule has 0 aromatic rings. The van der Waals surface area contributed by atoms with Crippen LogP contribution in [0.2, 0.25) is 0 Å². The number of hydrogen-bond acceptors (Lipinski definition) is 4. The number of likely N-dealkylation sites (N-methyl/N-ethyl adjacent to an activating group) is 1. The van der Waals surface area contributed by atoms with Gasteiger partial charge in [-0.3, -0.25) is 4.79 Å². The number of aliphatic hydroxyl groups is 2. The maximum Gasteiger partial charge on any atom is 0.323 e. The number of rotatable bonds is 7. The molecular weight excluding hydrogens is 198 g/mol. The largest absolute Gasteiger partial charge is 0.480 e. The third-order valence-electron chi connectivity index (χ3n) is 2.28. The van der Waals surface area contributed by atoms with Gasteiger partial charge in [0.25, 0.3) is 0 Å². The Morgan fingerprint density at radius 3 is 2.47 bits per heavy atom. The van der Waals surface area contributed by atoms with Crippen molar-refractivity contribution in [3.8, 4) is 0 Å². The minimum atomic E-state index is -1.07. The topological polar surface area (TPSA) is 89.8 Å². The van der Waals surface area contributed by atoms with E-state index in [1.807, 2.05) is 0 Å². The Bertz CT molecular complexity index is 217. The number of carboxylic acid groups (broad SMARTS) is 1. The first-order valence-electron chi connectivity index (χ1n) is 4.88. The molecule has 0 unspecified atom stereocenters. The Hall–Kier alpha value is -0.910. The molecule has 0 amide bonds. The van der Waals surface area contributed by atoms with Crippen molar-refractivity contribution < 1.29 is 20.1 Å². The molecule has 0 bridgehead atoms. The van der Waals surface area contributed by atoms with E-state index in [2.05, 4.69) is 5.32 Å². The molecule has 3 atom stereocenters. The third kappa shape index (κ3) is 4.92. The smallest absolute Gasteiger partial charge is 0.323 e. The lowest BCUT2D eigenvalue weighted by molar-refractivity contribution is -0.143. The van der Waals surface area contributed by atoms with Gasteiger partial charge in [-0.2, -0.15) is 0 Å². The van der Waals surface area contributed by atoms with Crippen molar-refractivity contribution in [2.24, 2.45) is 5.92 Å². The van der Waals surface area contributed by atoms with Gasteiger partial charge in [-0.25, -0.2) is 0 Å². The monoisotopic (exact) mass is 217 g/mol. The Morgan fingerprint density at radius 2 is 2.07 bits per heavy atom. The number of hydrogen-bond donors (Lipinski definition) is 4. The summed E-state index contributed by atoms with van der Waals surface area (Å²) in [6, 6.07) is -0.956. The quantitative estimate of drug-likeness (QED) is 0.435. The van der Waals surface area contributed by atoms with E-state index >= 15 is 0 Å². The Morgan fingerprint density at radius 1 is 1.47 bits per heavy atom. The van der Waals surface area contributed by atoms with E-state index < -0.39 is 18.1 Å². The first kappa shape index (κ1) is 14.1. The first-order chi connectivity index (χ1) is 7.04. The van der Waals surface area contributed by atoms with Gasteiger partial charge in [0.2, 0.25) is 0 Å². The summed E-state index contributed by atoms with van der Waals surface area (Å²) in [6.45, 7) is 1.72. The minimum absolute atomic E-state index is 0.0444. The number of allylic oxidation sites excluding steroid dienone is 1. The number of carbonyl (C=O) groups is 1. The number of aliphatic hydroxyl groups excluding tert-OH is 2. The van der Waals surface area contributed by atoms with Gasteiger partial charge in [0, 0.05) is 0 Å². The molecular formula is C10H19NO4. The van der Waals surface area contributed by atoms with Crippen molar-refractivity contribution in [1.29, 1.82) is 0 Å². The van der Waals surface area contributed by atoms with Crippen molar-refractivity contribution in [2.45, 2.75) is 25.5 Å². The van der Waals surface area contributed by atoms with Crippen LogP contribution in [0, 0.1) is 5.92 Å². The molecule has 0 heterocycles. The Labute approximate surface area is 89.4 Å². The second kappa shape index (κ2) is 7.39. The van der Waals surface area contributed by atoms with Gasteiger partial charge in [-0.15, -0.1) is 0 Å². The van der Waals surface area contributed by atoms with Crippen LogP contribution in [-0.2, 0) is 4.79 Å². The molecule has 5 nitrogen and oxygen atoms in total. The number of nitrogens with one attached hydrogen (secondary N) is 1. The molecule has 0 aromatic heterocycles. The van der Waals surface area contributed by atoms with Crippen LogP contribution in [0.5, 0.6) is 0 Å². The highest BCUT2D eigenvalue weighted by molar-refractivity contribution is 5.74. The van der Waals surface area contributed by atoms with E-state index in [-0.39, 0.29) is 12.5 Å². The summed E-state index contributed by atoms with van der Waals surface area (Å²) >= 11 is 0. The van der Waals surface area contributed by atoms with Crippen molar-refractivity contribution in [2.75, 3.05) is 13.7 Å². The fraction of sp³-hybridized carbons (Fsp3) is 0.700. The molecule has 0 saturated heterocycles. The summed E-state index contributed by atoms with van der Waals surface area (Å²) in [5, 5.41) is 29.5. The molecule has 0 rings (SSSR count). The zero-order valence-corrected chi connectivity index (χ0v) is 9.05. The predicted octanol–water partition coefficient (Wildman–Crippen LogP) is -0.405. The molecule has 0 radical (unpaired) electrons. The van der Waals surface area contributed by atoms with Crippen LogP contribution in [0.3, 0.4) is 0 Å². The number of carboxylic acids is 1. The van der Waals surface area contributed by atoms with Crippen molar-refractivity contribution >= 4 is 5.97 Å². The molecule has 5 heteroatoms. The van der Waals surface area contributed by atoms with Gasteiger partial charge in [0.15, 0.2) is 0 Å². The minimum Gasteiger partial charge on any atom is -0.480 e. The molecule has 0 fully saturated rings. The average Bonchev–Trinajstić information content (AvgIpc) is 2.18. The molecule has 0 aliphatic carbocycles. The maximum absolute atomic E-state index is 10.7. The highest BCUT2D eigenvalue weighted by Gasteiger charge is 2.28. The Kier molecular flexibility index (Phi) is 6.94. The molecule has 0 aliphatic heterocycles. The molecule has 15 heavy (non-hydrogen) atoms. The zero-order chi connectivity index (χ0) is 11.8. The summed E-state index contributed by atoms with van der Waals surface area (Å²) in [7, 11) is 1.50. The van der Waals surface area contributed by atoms with Crippen LogP contribution in [0.1, 0.15) is 13.3 Å². The fourth-order valence-corrected chi connectivity index (χ4v) is 1.29. The highest BCUT2D eigenvalue weighted by Crippen LogP contribution is 2.12. The molecule has 0 aliphatic rings. The normalized spacial score (nSPS) is 17.6. The van der Waals surface area contributed by atoms with Crippen molar-refractivity contribution in [1.82, 2.24) is 5.32 Å². The van der Waals surface area contributed by atoms with E-state index in [4.69, 9.17) is 10.2 Å². The van der Waals surface area contributed by atoms with Crippen LogP contribution >= 0.6 is 0 Å². The van der Waals surface area contributed by atoms with E-state index in [9.17, 15) is 9.90 Å². The average molecular weight is 217 g/mol. The second-order valence-corrected chi connectivity index (χ2v) is 3.46. The van der Waals surface area contributed by atoms with Gasteiger partial charge in [0.05, 0.1) is 12.7 Å². The predicted molar refractivity (Wildman–Crippen MR) is 56.5 cm³/mol. The summed E-state index contributed by atoms with van der Waals surface area (Å²) < 4.78 is 0. The lowest BCUT2D eigenvalue weighted by Gasteiger charge is -2.23. The van der Waals surface area contributed by atoms with Gasteiger partial charge in [-0.1, -0.05) is 19.1 Å². The molecule has 0 spiro atoms. The highest BCUT2D eigenvalue weighted by atomic mass is 16.4. The standard InChI is InChI=1S/C10H19NO4/c1-7(5-3-4-6-12)9(13)8(11-2)10(14)15/h3-4,7-9,11-13H,5-6H2,1-2H3,(H,14,15)/t7-,8+,9-/m1/s1. The summed E-state index contributed by atoms with van der Waals surface area (Å²) in [5.41, 5.74) is 0. The van der Waals surface area contributed by atoms with Gasteiger partial charge >= 0.3 is 5.97 Å². The van der Waals surface area contributed by atoms with E-state index in [0.29, 0.717) is 6.42 Å². The van der Waals surface area contributed by atoms with Crippen LogP contribution in [0.15, 0.2) is 12.2 Å². The molecule has 0 saturated carbocycles. The molecule has 88 valence electrons. The lowest BCUT2D eigenvalue weighted by atomic mass is 9.95. The van der Waals surface area contributed by atoms with Crippen molar-refractivity contribution in [3.05, 3.63) is 12.2 Å². The lowest BCUT2D eigenvalue weighted by Crippen LogP contribution is -2.47. The maximum atomic E-state index is 10.7.